The minimum absolute atomic E-state index is 0.129. The van der Waals surface area contributed by atoms with Crippen molar-refractivity contribution < 1.29 is 4.42 Å². The summed E-state index contributed by atoms with van der Waals surface area (Å²) in [4.78, 5) is 15.3. The normalized spacial score (nSPS) is 10.4. The molecule has 1 aromatic heterocycles. The maximum atomic E-state index is 11.3. The summed E-state index contributed by atoms with van der Waals surface area (Å²) in [6.07, 6.45) is 0. The van der Waals surface area contributed by atoms with Gasteiger partial charge >= 0.3 is 0 Å². The minimum atomic E-state index is -0.129. The molecule has 0 amide bonds. The molecular weight excluding hydrogens is 154 g/mol. The average molecular weight is 161 g/mol. The standard InChI is InChI=1S/C9H7NO2/c1-6-10-7-4-2-3-5-8(11)9(7)12-6/h2-5H,1H3. The summed E-state index contributed by atoms with van der Waals surface area (Å²) in [6.45, 7) is 1.72. The molecule has 0 aliphatic heterocycles. The predicted octanol–water partition coefficient (Wildman–Crippen LogP) is 1.50. The quantitative estimate of drug-likeness (QED) is 0.588. The molecule has 0 unspecified atom stereocenters. The van der Waals surface area contributed by atoms with E-state index in [0.29, 0.717) is 17.0 Å². The molecule has 1 heterocycles. The van der Waals surface area contributed by atoms with Gasteiger partial charge < -0.3 is 4.42 Å². The van der Waals surface area contributed by atoms with E-state index in [9.17, 15) is 4.79 Å². The van der Waals surface area contributed by atoms with Crippen LogP contribution in [0.3, 0.4) is 0 Å². The van der Waals surface area contributed by atoms with Crippen molar-refractivity contribution in [1.82, 2.24) is 4.98 Å². The molecule has 1 aromatic carbocycles. The molecule has 3 nitrogen and oxygen atoms in total. The second-order valence-corrected chi connectivity index (χ2v) is 2.53. The number of rotatable bonds is 0. The number of aryl methyl sites for hydroxylation is 1. The van der Waals surface area contributed by atoms with Crippen molar-refractivity contribution in [2.75, 3.05) is 0 Å². The van der Waals surface area contributed by atoms with Crippen molar-refractivity contribution in [3.05, 3.63) is 40.4 Å². The Hall–Kier alpha value is -1.64. The number of nitrogens with zero attached hydrogens (tertiary/aromatic N) is 1. The molecule has 2 aromatic rings. The van der Waals surface area contributed by atoms with Crippen LogP contribution in [0.4, 0.5) is 0 Å². The third-order valence-electron chi connectivity index (χ3n) is 1.60. The molecular formula is C9H7NO2. The van der Waals surface area contributed by atoms with E-state index in [1.165, 1.54) is 6.07 Å². The number of hydrogen-bond acceptors (Lipinski definition) is 3. The summed E-state index contributed by atoms with van der Waals surface area (Å²) in [5, 5.41) is 0. The molecule has 0 spiro atoms. The lowest BCUT2D eigenvalue weighted by molar-refractivity contribution is 0.559. The van der Waals surface area contributed by atoms with Gasteiger partial charge in [-0.3, -0.25) is 4.79 Å². The Kier molecular flexibility index (Phi) is 1.43. The monoisotopic (exact) mass is 161 g/mol. The Morgan fingerprint density at radius 1 is 1.33 bits per heavy atom. The molecule has 0 saturated heterocycles. The van der Waals surface area contributed by atoms with Gasteiger partial charge in [-0.25, -0.2) is 4.98 Å². The molecule has 0 radical (unpaired) electrons. The summed E-state index contributed by atoms with van der Waals surface area (Å²) in [7, 11) is 0. The highest BCUT2D eigenvalue weighted by Gasteiger charge is 2.01. The van der Waals surface area contributed by atoms with Gasteiger partial charge in [0.25, 0.3) is 0 Å². The summed E-state index contributed by atoms with van der Waals surface area (Å²) in [5.74, 6) is 0.522. The summed E-state index contributed by atoms with van der Waals surface area (Å²) < 4.78 is 5.14. The van der Waals surface area contributed by atoms with Crippen molar-refractivity contribution in [2.24, 2.45) is 0 Å². The van der Waals surface area contributed by atoms with E-state index in [4.69, 9.17) is 4.42 Å². The van der Waals surface area contributed by atoms with Crippen molar-refractivity contribution in [2.45, 2.75) is 6.92 Å². The van der Waals surface area contributed by atoms with Gasteiger partial charge in [0, 0.05) is 6.92 Å². The second kappa shape index (κ2) is 2.44. The summed E-state index contributed by atoms with van der Waals surface area (Å²) >= 11 is 0. The number of hydrogen-bond donors (Lipinski definition) is 0. The first-order chi connectivity index (χ1) is 5.77. The molecule has 12 heavy (non-hydrogen) atoms. The lowest BCUT2D eigenvalue weighted by atomic mass is 10.4. The average Bonchev–Trinajstić information content (AvgIpc) is 2.33. The Morgan fingerprint density at radius 2 is 2.08 bits per heavy atom. The first kappa shape index (κ1) is 7.03. The van der Waals surface area contributed by atoms with Crippen molar-refractivity contribution in [3.63, 3.8) is 0 Å². The zero-order valence-corrected chi connectivity index (χ0v) is 6.57. The van der Waals surface area contributed by atoms with Gasteiger partial charge in [0.15, 0.2) is 5.89 Å². The molecule has 0 aliphatic carbocycles. The molecule has 3 heteroatoms. The number of aromatic nitrogens is 1. The van der Waals surface area contributed by atoms with Crippen LogP contribution in [-0.2, 0) is 0 Å². The highest BCUT2D eigenvalue weighted by atomic mass is 16.4. The smallest absolute Gasteiger partial charge is 0.223 e. The molecule has 0 aliphatic rings. The third kappa shape index (κ3) is 0.993. The van der Waals surface area contributed by atoms with Crippen LogP contribution in [0.15, 0.2) is 33.5 Å². The topological polar surface area (TPSA) is 43.1 Å². The van der Waals surface area contributed by atoms with Crippen molar-refractivity contribution >= 4 is 11.1 Å². The van der Waals surface area contributed by atoms with Crippen LogP contribution < -0.4 is 5.43 Å². The van der Waals surface area contributed by atoms with E-state index in [0.717, 1.165) is 0 Å². The highest BCUT2D eigenvalue weighted by molar-refractivity contribution is 5.71. The molecule has 60 valence electrons. The van der Waals surface area contributed by atoms with Crippen molar-refractivity contribution in [3.8, 4) is 0 Å². The van der Waals surface area contributed by atoms with Crippen LogP contribution in [0.25, 0.3) is 11.1 Å². The van der Waals surface area contributed by atoms with E-state index in [1.54, 1.807) is 25.1 Å². The lowest BCUT2D eigenvalue weighted by Crippen LogP contribution is -1.91. The van der Waals surface area contributed by atoms with Crippen LogP contribution in [0.2, 0.25) is 0 Å². The van der Waals surface area contributed by atoms with E-state index in [-0.39, 0.29) is 5.43 Å². The van der Waals surface area contributed by atoms with Gasteiger partial charge in [0.05, 0.1) is 0 Å². The van der Waals surface area contributed by atoms with Gasteiger partial charge in [-0.15, -0.1) is 0 Å². The molecule has 0 bridgehead atoms. The predicted molar refractivity (Wildman–Crippen MR) is 45.0 cm³/mol. The Morgan fingerprint density at radius 3 is 2.92 bits per heavy atom. The SMILES string of the molecule is Cc1nc2ccccc(=O)c2o1. The van der Waals surface area contributed by atoms with Gasteiger partial charge in [-0.05, 0) is 12.1 Å². The number of fused-ring (bicyclic) bond motifs is 1. The van der Waals surface area contributed by atoms with Crippen LogP contribution in [0.1, 0.15) is 5.89 Å². The molecule has 0 atom stereocenters. The van der Waals surface area contributed by atoms with Crippen LogP contribution in [0, 0.1) is 6.92 Å². The zero-order valence-electron chi connectivity index (χ0n) is 6.57. The second-order valence-electron chi connectivity index (χ2n) is 2.53. The number of oxazole rings is 1. The molecule has 0 saturated carbocycles. The fourth-order valence-electron chi connectivity index (χ4n) is 1.10. The molecule has 2 rings (SSSR count). The van der Waals surface area contributed by atoms with Gasteiger partial charge in [-0.1, -0.05) is 12.1 Å². The van der Waals surface area contributed by atoms with Gasteiger partial charge in [0.1, 0.15) is 5.52 Å². The van der Waals surface area contributed by atoms with Crippen LogP contribution in [-0.4, -0.2) is 4.98 Å². The van der Waals surface area contributed by atoms with E-state index >= 15 is 0 Å². The third-order valence-corrected chi connectivity index (χ3v) is 1.60. The molecule has 0 fully saturated rings. The summed E-state index contributed by atoms with van der Waals surface area (Å²) in [6, 6.07) is 6.67. The Bertz CT molecular complexity index is 473. The maximum absolute atomic E-state index is 11.3. The largest absolute Gasteiger partial charge is 0.437 e. The van der Waals surface area contributed by atoms with Gasteiger partial charge in [-0.2, -0.15) is 0 Å². The Balaban J connectivity index is 3.03. The fraction of sp³-hybridized carbons (Fsp3) is 0.111. The maximum Gasteiger partial charge on any atom is 0.223 e. The van der Waals surface area contributed by atoms with E-state index < -0.39 is 0 Å². The first-order valence-electron chi connectivity index (χ1n) is 3.64. The first-order valence-corrected chi connectivity index (χ1v) is 3.64. The van der Waals surface area contributed by atoms with Gasteiger partial charge in [0.2, 0.25) is 11.0 Å². The van der Waals surface area contributed by atoms with Crippen LogP contribution in [0.5, 0.6) is 0 Å². The minimum Gasteiger partial charge on any atom is -0.437 e. The van der Waals surface area contributed by atoms with E-state index in [2.05, 4.69) is 4.98 Å². The lowest BCUT2D eigenvalue weighted by Gasteiger charge is -1.72. The highest BCUT2D eigenvalue weighted by Crippen LogP contribution is 2.08. The summed E-state index contributed by atoms with van der Waals surface area (Å²) in [5.41, 5.74) is 0.815. The van der Waals surface area contributed by atoms with Crippen LogP contribution >= 0.6 is 0 Å². The molecule has 0 N–H and O–H groups in total. The van der Waals surface area contributed by atoms with Crippen molar-refractivity contribution in [1.29, 1.82) is 0 Å². The zero-order chi connectivity index (χ0) is 8.55. The van der Waals surface area contributed by atoms with E-state index in [1.807, 2.05) is 0 Å². The Labute approximate surface area is 68.7 Å². The fourth-order valence-corrected chi connectivity index (χ4v) is 1.10.